The van der Waals surface area contributed by atoms with E-state index in [1.165, 1.54) is 4.90 Å². The lowest BCUT2D eigenvalue weighted by Crippen LogP contribution is -2.64. The Morgan fingerprint density at radius 2 is 2.03 bits per heavy atom. The number of likely N-dealkylation sites (N-methyl/N-ethyl adjacent to an activating group) is 2. The van der Waals surface area contributed by atoms with Crippen molar-refractivity contribution in [3.8, 4) is 0 Å². The standard InChI is InChI=1S/C24H39N3O6/c1-4-5-6-21(22(30)25-2)26(3)23(31)19(8-10-28)7-9-27-17-24(18-27)15-20(16-24)33-14-13-32-12-11-29/h4,7,10,20-21,29H,1,5-6,8-9,11-18H2,2-3H3,(H,25,30)/b19-7+. The van der Waals surface area contributed by atoms with Gasteiger partial charge >= 0.3 is 0 Å². The second-order valence-corrected chi connectivity index (χ2v) is 8.92. The number of nitrogens with zero attached hydrogens (tertiary/aromatic N) is 2. The van der Waals surface area contributed by atoms with Gasteiger partial charge in [-0.2, -0.15) is 0 Å². The Kier molecular flexibility index (Phi) is 11.2. The van der Waals surface area contributed by atoms with Crippen LogP contribution in [0.1, 0.15) is 32.1 Å². The van der Waals surface area contributed by atoms with E-state index < -0.39 is 6.04 Å². The molecule has 9 heteroatoms. The van der Waals surface area contributed by atoms with E-state index in [0.29, 0.717) is 50.2 Å². The molecule has 1 saturated carbocycles. The molecule has 0 bridgehead atoms. The lowest BCUT2D eigenvalue weighted by Gasteiger charge is -2.58. The molecule has 1 aliphatic heterocycles. The minimum Gasteiger partial charge on any atom is -0.394 e. The largest absolute Gasteiger partial charge is 0.394 e. The molecule has 2 N–H and O–H groups in total. The van der Waals surface area contributed by atoms with Gasteiger partial charge in [-0.25, -0.2) is 0 Å². The normalized spacial score (nSPS) is 18.8. The van der Waals surface area contributed by atoms with Crippen LogP contribution in [0.2, 0.25) is 0 Å². The summed E-state index contributed by atoms with van der Waals surface area (Å²) in [6, 6.07) is -0.608. The number of carbonyl (C=O) groups is 3. The van der Waals surface area contributed by atoms with Crippen LogP contribution in [0.5, 0.6) is 0 Å². The SMILES string of the molecule is C=CCCC(C(=O)NC)N(C)C(=O)/C(=C/CN1CC2(CC(OCCOCCO)C2)C1)CC=O. The lowest BCUT2D eigenvalue weighted by molar-refractivity contribution is -0.153. The third kappa shape index (κ3) is 7.74. The summed E-state index contributed by atoms with van der Waals surface area (Å²) >= 11 is 0. The summed E-state index contributed by atoms with van der Waals surface area (Å²) in [6.45, 7) is 7.58. The van der Waals surface area contributed by atoms with Crippen LogP contribution in [0.3, 0.4) is 0 Å². The van der Waals surface area contributed by atoms with Gasteiger partial charge in [0.2, 0.25) is 11.8 Å². The van der Waals surface area contributed by atoms with Gasteiger partial charge in [-0.1, -0.05) is 12.2 Å². The van der Waals surface area contributed by atoms with Crippen molar-refractivity contribution in [2.24, 2.45) is 5.41 Å². The fourth-order valence-corrected chi connectivity index (χ4v) is 4.65. The van der Waals surface area contributed by atoms with Crippen molar-refractivity contribution in [2.45, 2.75) is 44.2 Å². The van der Waals surface area contributed by atoms with Gasteiger partial charge in [0.25, 0.3) is 0 Å². The molecule has 33 heavy (non-hydrogen) atoms. The molecule has 1 aliphatic carbocycles. The number of aliphatic hydroxyl groups is 1. The maximum Gasteiger partial charge on any atom is 0.250 e. The predicted octanol–water partition coefficient (Wildman–Crippen LogP) is 0.531. The zero-order chi connectivity index (χ0) is 24.3. The second-order valence-electron chi connectivity index (χ2n) is 8.92. The second kappa shape index (κ2) is 13.6. The maximum atomic E-state index is 13.0. The Morgan fingerprint density at radius 3 is 2.64 bits per heavy atom. The lowest BCUT2D eigenvalue weighted by atomic mass is 9.62. The monoisotopic (exact) mass is 465 g/mol. The van der Waals surface area contributed by atoms with Crippen molar-refractivity contribution in [3.05, 3.63) is 24.3 Å². The number of hydrogen-bond donors (Lipinski definition) is 2. The number of hydrogen-bond acceptors (Lipinski definition) is 7. The molecule has 1 unspecified atom stereocenters. The van der Waals surface area contributed by atoms with Crippen molar-refractivity contribution in [2.75, 3.05) is 60.2 Å². The summed E-state index contributed by atoms with van der Waals surface area (Å²) in [6.07, 6.45) is 7.68. The Hall–Kier alpha value is -2.07. The number of allylic oxidation sites excluding steroid dienone is 1. The van der Waals surface area contributed by atoms with E-state index in [9.17, 15) is 14.4 Å². The Morgan fingerprint density at radius 1 is 1.30 bits per heavy atom. The average molecular weight is 466 g/mol. The number of rotatable bonds is 16. The molecule has 1 saturated heterocycles. The van der Waals surface area contributed by atoms with Crippen LogP contribution in [0.25, 0.3) is 0 Å². The van der Waals surface area contributed by atoms with Crippen molar-refractivity contribution >= 4 is 18.1 Å². The molecule has 186 valence electrons. The van der Waals surface area contributed by atoms with E-state index in [2.05, 4.69) is 16.8 Å². The molecule has 9 nitrogen and oxygen atoms in total. The van der Waals surface area contributed by atoms with Gasteiger partial charge in [0.05, 0.1) is 32.5 Å². The van der Waals surface area contributed by atoms with E-state index in [-0.39, 0.29) is 30.9 Å². The van der Waals surface area contributed by atoms with Crippen molar-refractivity contribution in [3.63, 3.8) is 0 Å². The first kappa shape index (κ1) is 27.2. The highest BCUT2D eigenvalue weighted by atomic mass is 16.5. The third-order valence-electron chi connectivity index (χ3n) is 6.41. The summed E-state index contributed by atoms with van der Waals surface area (Å²) in [5.74, 6) is -0.528. The number of aldehydes is 1. The van der Waals surface area contributed by atoms with Crippen LogP contribution < -0.4 is 5.32 Å². The first-order chi connectivity index (χ1) is 15.9. The molecule has 2 aliphatic rings. The molecule has 2 amide bonds. The minimum absolute atomic E-state index is 0.0250. The molecule has 1 heterocycles. The number of ether oxygens (including phenoxy) is 2. The van der Waals surface area contributed by atoms with Crippen LogP contribution >= 0.6 is 0 Å². The summed E-state index contributed by atoms with van der Waals surface area (Å²) in [5, 5.41) is 11.3. The quantitative estimate of drug-likeness (QED) is 0.148. The van der Waals surface area contributed by atoms with Crippen molar-refractivity contribution < 1.29 is 29.0 Å². The van der Waals surface area contributed by atoms with Gasteiger partial charge in [-0.15, -0.1) is 6.58 Å². The smallest absolute Gasteiger partial charge is 0.250 e. The first-order valence-electron chi connectivity index (χ1n) is 11.6. The van der Waals surface area contributed by atoms with Gasteiger partial charge in [-0.05, 0) is 25.7 Å². The minimum atomic E-state index is -0.608. The fraction of sp³-hybridized carbons (Fsp3) is 0.708. The number of nitrogens with one attached hydrogen (secondary N) is 1. The number of amides is 2. The summed E-state index contributed by atoms with van der Waals surface area (Å²) in [5.41, 5.74) is 0.712. The molecule has 2 rings (SSSR count). The highest BCUT2D eigenvalue weighted by Gasteiger charge is 2.52. The molecule has 0 aromatic carbocycles. The van der Waals surface area contributed by atoms with E-state index in [0.717, 1.165) is 32.2 Å². The van der Waals surface area contributed by atoms with Crippen LogP contribution in [-0.2, 0) is 23.9 Å². The first-order valence-corrected chi connectivity index (χ1v) is 11.6. The average Bonchev–Trinajstić information content (AvgIpc) is 2.76. The number of aliphatic hydroxyl groups excluding tert-OH is 1. The molecule has 0 aromatic rings. The Labute approximate surface area is 196 Å². The third-order valence-corrected chi connectivity index (χ3v) is 6.41. The molecule has 0 radical (unpaired) electrons. The van der Waals surface area contributed by atoms with Crippen molar-refractivity contribution in [1.82, 2.24) is 15.1 Å². The van der Waals surface area contributed by atoms with Gasteiger partial charge in [0.15, 0.2) is 0 Å². The molecule has 0 aromatic heterocycles. The topological polar surface area (TPSA) is 108 Å². The fourth-order valence-electron chi connectivity index (χ4n) is 4.65. The summed E-state index contributed by atoms with van der Waals surface area (Å²) < 4.78 is 11.0. The summed E-state index contributed by atoms with van der Waals surface area (Å²) in [4.78, 5) is 40.1. The van der Waals surface area contributed by atoms with Crippen LogP contribution in [0.15, 0.2) is 24.3 Å². The predicted molar refractivity (Wildman–Crippen MR) is 125 cm³/mol. The van der Waals surface area contributed by atoms with Crippen molar-refractivity contribution in [1.29, 1.82) is 0 Å². The zero-order valence-corrected chi connectivity index (χ0v) is 20.0. The number of likely N-dealkylation sites (tertiary alicyclic amines) is 1. The van der Waals surface area contributed by atoms with E-state index in [4.69, 9.17) is 14.6 Å². The molecule has 1 atom stereocenters. The molecule has 1 spiro atoms. The highest BCUT2D eigenvalue weighted by molar-refractivity contribution is 5.98. The molecular formula is C24H39N3O6. The Bertz CT molecular complexity index is 696. The highest BCUT2D eigenvalue weighted by Crippen LogP contribution is 2.49. The number of carbonyl (C=O) groups excluding carboxylic acids is 3. The maximum absolute atomic E-state index is 13.0. The van der Waals surface area contributed by atoms with Gasteiger partial charge in [0, 0.05) is 51.1 Å². The Balaban J connectivity index is 1.81. The van der Waals surface area contributed by atoms with Gasteiger partial charge in [-0.3, -0.25) is 14.5 Å². The van der Waals surface area contributed by atoms with E-state index in [1.54, 1.807) is 20.2 Å². The van der Waals surface area contributed by atoms with E-state index in [1.807, 2.05) is 6.08 Å². The zero-order valence-electron chi connectivity index (χ0n) is 20.0. The molecule has 2 fully saturated rings. The molecular weight excluding hydrogens is 426 g/mol. The van der Waals surface area contributed by atoms with Crippen LogP contribution in [-0.4, -0.2) is 105 Å². The van der Waals surface area contributed by atoms with Gasteiger partial charge in [0.1, 0.15) is 12.3 Å². The van der Waals surface area contributed by atoms with Gasteiger partial charge < -0.3 is 29.6 Å². The summed E-state index contributed by atoms with van der Waals surface area (Å²) in [7, 11) is 3.15. The van der Waals surface area contributed by atoms with Crippen LogP contribution in [0.4, 0.5) is 0 Å². The van der Waals surface area contributed by atoms with E-state index >= 15 is 0 Å². The van der Waals surface area contributed by atoms with Crippen LogP contribution in [0, 0.1) is 5.41 Å².